The highest BCUT2D eigenvalue weighted by Crippen LogP contribution is 2.24. The molecule has 0 aliphatic carbocycles. The summed E-state index contributed by atoms with van der Waals surface area (Å²) in [5.41, 5.74) is 3.06. The SMILES string of the molecule is CSc1cccc(NC(=O)C2CC(=O)N(Cc3ccc(C)cc3)C2)c1. The van der Waals surface area contributed by atoms with Gasteiger partial charge in [0.05, 0.1) is 5.92 Å². The molecule has 1 aliphatic rings. The second-order valence-electron chi connectivity index (χ2n) is 6.38. The lowest BCUT2D eigenvalue weighted by molar-refractivity contribution is -0.128. The van der Waals surface area contributed by atoms with Crippen molar-refractivity contribution in [3.8, 4) is 0 Å². The summed E-state index contributed by atoms with van der Waals surface area (Å²) in [5, 5.41) is 2.94. The third-order valence-corrected chi connectivity index (χ3v) is 5.14. The molecule has 2 aromatic rings. The van der Waals surface area contributed by atoms with Crippen LogP contribution in [-0.2, 0) is 16.1 Å². The monoisotopic (exact) mass is 354 g/mol. The van der Waals surface area contributed by atoms with Gasteiger partial charge in [-0.05, 0) is 36.9 Å². The number of aryl methyl sites for hydroxylation is 1. The molecule has 130 valence electrons. The minimum atomic E-state index is -0.295. The quantitative estimate of drug-likeness (QED) is 0.833. The van der Waals surface area contributed by atoms with Crippen molar-refractivity contribution in [1.29, 1.82) is 0 Å². The van der Waals surface area contributed by atoms with Crippen molar-refractivity contribution in [2.24, 2.45) is 5.92 Å². The van der Waals surface area contributed by atoms with E-state index < -0.39 is 0 Å². The predicted octanol–water partition coefficient (Wildman–Crippen LogP) is 3.70. The van der Waals surface area contributed by atoms with Crippen LogP contribution in [0.4, 0.5) is 5.69 Å². The van der Waals surface area contributed by atoms with Gasteiger partial charge in [0.25, 0.3) is 0 Å². The molecule has 5 heteroatoms. The topological polar surface area (TPSA) is 49.4 Å². The number of likely N-dealkylation sites (tertiary alicyclic amines) is 1. The van der Waals surface area contributed by atoms with Gasteiger partial charge in [0.15, 0.2) is 0 Å². The maximum atomic E-state index is 12.5. The molecule has 1 unspecified atom stereocenters. The van der Waals surface area contributed by atoms with Gasteiger partial charge in [0, 0.05) is 30.1 Å². The lowest BCUT2D eigenvalue weighted by Gasteiger charge is -2.17. The Morgan fingerprint density at radius 1 is 1.24 bits per heavy atom. The third kappa shape index (κ3) is 4.42. The number of rotatable bonds is 5. The first-order valence-electron chi connectivity index (χ1n) is 8.33. The van der Waals surface area contributed by atoms with E-state index in [2.05, 4.69) is 5.32 Å². The highest BCUT2D eigenvalue weighted by Gasteiger charge is 2.34. The summed E-state index contributed by atoms with van der Waals surface area (Å²) >= 11 is 1.63. The number of nitrogens with zero attached hydrogens (tertiary/aromatic N) is 1. The molecule has 0 radical (unpaired) electrons. The maximum Gasteiger partial charge on any atom is 0.229 e. The number of amides is 2. The summed E-state index contributed by atoms with van der Waals surface area (Å²) in [4.78, 5) is 27.6. The average molecular weight is 354 g/mol. The Morgan fingerprint density at radius 3 is 2.72 bits per heavy atom. The molecule has 4 nitrogen and oxygen atoms in total. The normalized spacial score (nSPS) is 17.0. The van der Waals surface area contributed by atoms with Gasteiger partial charge in [0.1, 0.15) is 0 Å². The molecule has 0 bridgehead atoms. The molecule has 0 saturated carbocycles. The summed E-state index contributed by atoms with van der Waals surface area (Å²) in [6, 6.07) is 15.9. The van der Waals surface area contributed by atoms with E-state index in [1.165, 1.54) is 5.56 Å². The summed E-state index contributed by atoms with van der Waals surface area (Å²) in [7, 11) is 0. The number of carbonyl (C=O) groups is 2. The zero-order valence-corrected chi connectivity index (χ0v) is 15.3. The van der Waals surface area contributed by atoms with E-state index in [1.54, 1.807) is 16.7 Å². The van der Waals surface area contributed by atoms with Gasteiger partial charge < -0.3 is 10.2 Å². The van der Waals surface area contributed by atoms with Gasteiger partial charge in [-0.3, -0.25) is 9.59 Å². The lowest BCUT2D eigenvalue weighted by Crippen LogP contribution is -2.28. The van der Waals surface area contributed by atoms with Crippen molar-refractivity contribution in [2.45, 2.75) is 24.8 Å². The van der Waals surface area contributed by atoms with E-state index in [-0.39, 0.29) is 24.2 Å². The highest BCUT2D eigenvalue weighted by molar-refractivity contribution is 7.98. The number of thioether (sulfide) groups is 1. The van der Waals surface area contributed by atoms with Crippen molar-refractivity contribution in [1.82, 2.24) is 4.90 Å². The Hall–Kier alpha value is -2.27. The molecule has 1 atom stereocenters. The van der Waals surface area contributed by atoms with Crippen molar-refractivity contribution < 1.29 is 9.59 Å². The van der Waals surface area contributed by atoms with E-state index >= 15 is 0 Å². The van der Waals surface area contributed by atoms with Crippen LogP contribution >= 0.6 is 11.8 Å². The van der Waals surface area contributed by atoms with Crippen LogP contribution in [0.3, 0.4) is 0 Å². The van der Waals surface area contributed by atoms with E-state index in [1.807, 2.05) is 61.7 Å². The van der Waals surface area contributed by atoms with Crippen LogP contribution < -0.4 is 5.32 Å². The van der Waals surface area contributed by atoms with Crippen LogP contribution in [0.15, 0.2) is 53.4 Å². The maximum absolute atomic E-state index is 12.5. The van der Waals surface area contributed by atoms with Gasteiger partial charge in [-0.25, -0.2) is 0 Å². The number of anilines is 1. The van der Waals surface area contributed by atoms with Crippen LogP contribution in [0.1, 0.15) is 17.5 Å². The first-order chi connectivity index (χ1) is 12.0. The third-order valence-electron chi connectivity index (χ3n) is 4.42. The highest BCUT2D eigenvalue weighted by atomic mass is 32.2. The van der Waals surface area contributed by atoms with E-state index in [9.17, 15) is 9.59 Å². The molecule has 1 heterocycles. The Morgan fingerprint density at radius 2 is 2.00 bits per heavy atom. The van der Waals surface area contributed by atoms with E-state index in [0.717, 1.165) is 16.1 Å². The number of carbonyl (C=O) groups excluding carboxylic acids is 2. The Labute approximate surface area is 152 Å². The summed E-state index contributed by atoms with van der Waals surface area (Å²) in [6.45, 7) is 3.07. The number of hydrogen-bond acceptors (Lipinski definition) is 3. The standard InChI is InChI=1S/C20H22N2O2S/c1-14-6-8-15(9-7-14)12-22-13-16(10-19(22)23)20(24)21-17-4-3-5-18(11-17)25-2/h3-9,11,16H,10,12-13H2,1-2H3,(H,21,24). The number of benzene rings is 2. The van der Waals surface area contributed by atoms with Crippen LogP contribution in [0, 0.1) is 12.8 Å². The zero-order valence-electron chi connectivity index (χ0n) is 14.5. The van der Waals surface area contributed by atoms with Crippen molar-refractivity contribution in [3.63, 3.8) is 0 Å². The van der Waals surface area contributed by atoms with Crippen LogP contribution in [-0.4, -0.2) is 29.5 Å². The minimum Gasteiger partial charge on any atom is -0.338 e. The molecule has 2 aromatic carbocycles. The fourth-order valence-corrected chi connectivity index (χ4v) is 3.42. The average Bonchev–Trinajstić information content (AvgIpc) is 2.98. The fraction of sp³-hybridized carbons (Fsp3) is 0.300. The predicted molar refractivity (Wildman–Crippen MR) is 102 cm³/mol. The summed E-state index contributed by atoms with van der Waals surface area (Å²) < 4.78 is 0. The van der Waals surface area contributed by atoms with Crippen molar-refractivity contribution in [2.75, 3.05) is 18.1 Å². The molecule has 1 fully saturated rings. The van der Waals surface area contributed by atoms with Gasteiger partial charge in [-0.2, -0.15) is 0 Å². The van der Waals surface area contributed by atoms with Crippen LogP contribution in [0.2, 0.25) is 0 Å². The molecular formula is C20H22N2O2S. The Balaban J connectivity index is 1.61. The summed E-state index contributed by atoms with van der Waals surface area (Å²) in [5.74, 6) is -0.340. The van der Waals surface area contributed by atoms with Crippen LogP contribution in [0.5, 0.6) is 0 Å². The number of nitrogens with one attached hydrogen (secondary N) is 1. The zero-order chi connectivity index (χ0) is 17.8. The molecule has 1 N–H and O–H groups in total. The molecule has 1 saturated heterocycles. The summed E-state index contributed by atoms with van der Waals surface area (Å²) in [6.07, 6.45) is 2.28. The van der Waals surface area contributed by atoms with Crippen molar-refractivity contribution in [3.05, 3.63) is 59.7 Å². The molecule has 25 heavy (non-hydrogen) atoms. The molecule has 0 aromatic heterocycles. The largest absolute Gasteiger partial charge is 0.338 e. The van der Waals surface area contributed by atoms with Crippen LogP contribution in [0.25, 0.3) is 0 Å². The molecule has 2 amide bonds. The molecule has 0 spiro atoms. The first-order valence-corrected chi connectivity index (χ1v) is 9.56. The van der Waals surface area contributed by atoms with Gasteiger partial charge in [-0.1, -0.05) is 35.9 Å². The molecule has 1 aliphatic heterocycles. The van der Waals surface area contributed by atoms with Gasteiger partial charge in [0.2, 0.25) is 11.8 Å². The van der Waals surface area contributed by atoms with Gasteiger partial charge >= 0.3 is 0 Å². The Bertz CT molecular complexity index is 774. The van der Waals surface area contributed by atoms with Gasteiger partial charge in [-0.15, -0.1) is 11.8 Å². The second kappa shape index (κ2) is 7.74. The van der Waals surface area contributed by atoms with E-state index in [0.29, 0.717) is 13.1 Å². The van der Waals surface area contributed by atoms with Crippen molar-refractivity contribution >= 4 is 29.3 Å². The second-order valence-corrected chi connectivity index (χ2v) is 7.26. The number of hydrogen-bond donors (Lipinski definition) is 1. The van der Waals surface area contributed by atoms with E-state index in [4.69, 9.17) is 0 Å². The first kappa shape index (κ1) is 17.5. The Kier molecular flexibility index (Phi) is 5.43. The molecular weight excluding hydrogens is 332 g/mol. The molecule has 3 rings (SSSR count). The fourth-order valence-electron chi connectivity index (χ4n) is 2.96. The minimum absolute atomic E-state index is 0.0404. The smallest absolute Gasteiger partial charge is 0.229 e. The lowest BCUT2D eigenvalue weighted by atomic mass is 10.1.